The van der Waals surface area contributed by atoms with Gasteiger partial charge in [0.25, 0.3) is 0 Å². The molecule has 0 aliphatic heterocycles. The fourth-order valence-electron chi connectivity index (χ4n) is 2.70. The van der Waals surface area contributed by atoms with Gasteiger partial charge in [0.15, 0.2) is 9.84 Å². The van der Waals surface area contributed by atoms with Gasteiger partial charge in [-0.05, 0) is 31.4 Å². The monoisotopic (exact) mass is 253 g/mol. The van der Waals surface area contributed by atoms with Crippen molar-refractivity contribution in [1.82, 2.24) is 5.32 Å². The molecule has 1 fully saturated rings. The molecule has 0 atom stereocenters. The molecule has 0 radical (unpaired) electrons. The van der Waals surface area contributed by atoms with Crippen LogP contribution in [0.4, 0.5) is 0 Å². The Morgan fingerprint density at radius 1 is 1.29 bits per heavy atom. The number of hydrogen-bond acceptors (Lipinski definition) is 3. The lowest BCUT2D eigenvalue weighted by Gasteiger charge is -2.46. The molecule has 0 heterocycles. The summed E-state index contributed by atoms with van der Waals surface area (Å²) >= 11 is 0. The molecular formula is C13H19NO2S. The standard InChI is InChI=1S/C13H19NO2S/c1-14-10-13(17(2,15)16)8-12(9-13)11-6-4-3-5-7-11/h3-7,12,14H,8-10H2,1-2H3. The van der Waals surface area contributed by atoms with Crippen LogP contribution in [0.5, 0.6) is 0 Å². The molecule has 0 saturated heterocycles. The molecule has 0 aromatic heterocycles. The van der Waals surface area contributed by atoms with Crippen LogP contribution >= 0.6 is 0 Å². The van der Waals surface area contributed by atoms with Gasteiger partial charge in [-0.3, -0.25) is 0 Å². The second kappa shape index (κ2) is 4.42. The van der Waals surface area contributed by atoms with Gasteiger partial charge >= 0.3 is 0 Å². The summed E-state index contributed by atoms with van der Waals surface area (Å²) in [5, 5.41) is 3.01. The number of hydrogen-bond donors (Lipinski definition) is 1. The third kappa shape index (κ3) is 2.24. The number of nitrogens with one attached hydrogen (secondary N) is 1. The Morgan fingerprint density at radius 2 is 1.88 bits per heavy atom. The quantitative estimate of drug-likeness (QED) is 0.886. The fourth-order valence-corrected chi connectivity index (χ4v) is 4.11. The van der Waals surface area contributed by atoms with Crippen molar-refractivity contribution in [1.29, 1.82) is 0 Å². The van der Waals surface area contributed by atoms with Crippen molar-refractivity contribution in [2.75, 3.05) is 19.8 Å². The van der Waals surface area contributed by atoms with Gasteiger partial charge in [0, 0.05) is 12.8 Å². The second-order valence-electron chi connectivity index (χ2n) is 5.00. The highest BCUT2D eigenvalue weighted by Gasteiger charge is 2.51. The van der Waals surface area contributed by atoms with Crippen LogP contribution in [-0.4, -0.2) is 33.0 Å². The van der Waals surface area contributed by atoms with Crippen molar-refractivity contribution in [3.63, 3.8) is 0 Å². The number of sulfone groups is 1. The van der Waals surface area contributed by atoms with Gasteiger partial charge < -0.3 is 5.32 Å². The zero-order valence-electron chi connectivity index (χ0n) is 10.3. The molecule has 0 spiro atoms. The topological polar surface area (TPSA) is 46.2 Å². The van der Waals surface area contributed by atoms with E-state index in [0.717, 1.165) is 12.8 Å². The van der Waals surface area contributed by atoms with Crippen molar-refractivity contribution in [2.24, 2.45) is 0 Å². The summed E-state index contributed by atoms with van der Waals surface area (Å²) in [7, 11) is -1.18. The maximum absolute atomic E-state index is 11.9. The van der Waals surface area contributed by atoms with Gasteiger partial charge in [-0.15, -0.1) is 0 Å². The first-order valence-corrected chi connectivity index (χ1v) is 7.77. The SMILES string of the molecule is CNCC1(S(C)(=O)=O)CC(c2ccccc2)C1. The van der Waals surface area contributed by atoms with Crippen LogP contribution in [0.1, 0.15) is 24.3 Å². The Balaban J connectivity index is 2.14. The van der Waals surface area contributed by atoms with E-state index in [-0.39, 0.29) is 0 Å². The molecule has 4 heteroatoms. The van der Waals surface area contributed by atoms with E-state index in [1.165, 1.54) is 11.8 Å². The first-order valence-electron chi connectivity index (χ1n) is 5.88. The predicted octanol–water partition coefficient (Wildman–Crippen LogP) is 1.57. The van der Waals surface area contributed by atoms with Gasteiger partial charge in [-0.25, -0.2) is 8.42 Å². The molecule has 2 rings (SSSR count). The lowest BCUT2D eigenvalue weighted by molar-refractivity contribution is 0.282. The van der Waals surface area contributed by atoms with Crippen molar-refractivity contribution < 1.29 is 8.42 Å². The minimum Gasteiger partial charge on any atom is -0.318 e. The Bertz CT molecular complexity index is 475. The Morgan fingerprint density at radius 3 is 2.35 bits per heavy atom. The van der Waals surface area contributed by atoms with E-state index in [9.17, 15) is 8.42 Å². The molecule has 3 nitrogen and oxygen atoms in total. The van der Waals surface area contributed by atoms with Crippen LogP contribution in [0.15, 0.2) is 30.3 Å². The molecule has 0 amide bonds. The minimum absolute atomic E-state index is 0.388. The van der Waals surface area contributed by atoms with E-state index in [1.807, 2.05) is 25.2 Å². The fraction of sp³-hybridized carbons (Fsp3) is 0.538. The van der Waals surface area contributed by atoms with Crippen molar-refractivity contribution in [3.05, 3.63) is 35.9 Å². The van der Waals surface area contributed by atoms with Crippen LogP contribution in [-0.2, 0) is 9.84 Å². The van der Waals surface area contributed by atoms with Crippen molar-refractivity contribution >= 4 is 9.84 Å². The van der Waals surface area contributed by atoms with Gasteiger partial charge in [0.2, 0.25) is 0 Å². The lowest BCUT2D eigenvalue weighted by atomic mass is 9.70. The molecule has 1 aliphatic carbocycles. The first-order chi connectivity index (χ1) is 7.98. The highest BCUT2D eigenvalue weighted by Crippen LogP contribution is 2.48. The van der Waals surface area contributed by atoms with Crippen molar-refractivity contribution in [2.45, 2.75) is 23.5 Å². The van der Waals surface area contributed by atoms with E-state index in [2.05, 4.69) is 17.4 Å². The smallest absolute Gasteiger partial charge is 0.154 e. The highest BCUT2D eigenvalue weighted by molar-refractivity contribution is 7.92. The third-order valence-corrected chi connectivity index (χ3v) is 5.84. The lowest BCUT2D eigenvalue weighted by Crippen LogP contribution is -2.54. The summed E-state index contributed by atoms with van der Waals surface area (Å²) in [5.74, 6) is 0.388. The summed E-state index contributed by atoms with van der Waals surface area (Å²) in [5.41, 5.74) is 1.25. The van der Waals surface area contributed by atoms with E-state index < -0.39 is 14.6 Å². The van der Waals surface area contributed by atoms with E-state index in [1.54, 1.807) is 0 Å². The van der Waals surface area contributed by atoms with E-state index in [4.69, 9.17) is 0 Å². The van der Waals surface area contributed by atoms with Crippen LogP contribution in [0.3, 0.4) is 0 Å². The van der Waals surface area contributed by atoms with Gasteiger partial charge in [0.1, 0.15) is 0 Å². The van der Waals surface area contributed by atoms with Crippen LogP contribution in [0.25, 0.3) is 0 Å². The Labute approximate surface area is 103 Å². The molecule has 1 aromatic carbocycles. The molecule has 1 aromatic rings. The Kier molecular flexibility index (Phi) is 3.27. The molecule has 1 saturated carbocycles. The largest absolute Gasteiger partial charge is 0.318 e. The average Bonchev–Trinajstić information content (AvgIpc) is 2.22. The van der Waals surface area contributed by atoms with Gasteiger partial charge in [0.05, 0.1) is 4.75 Å². The minimum atomic E-state index is -2.99. The molecule has 17 heavy (non-hydrogen) atoms. The molecule has 1 N–H and O–H groups in total. The zero-order valence-corrected chi connectivity index (χ0v) is 11.1. The maximum Gasteiger partial charge on any atom is 0.154 e. The average molecular weight is 253 g/mol. The summed E-state index contributed by atoms with van der Waals surface area (Å²) in [6.07, 6.45) is 2.82. The normalized spacial score (nSPS) is 28.7. The number of rotatable bonds is 4. The molecule has 0 unspecified atom stereocenters. The molecule has 94 valence electrons. The maximum atomic E-state index is 11.9. The van der Waals surface area contributed by atoms with Crippen LogP contribution < -0.4 is 5.32 Å². The van der Waals surface area contributed by atoms with Gasteiger partial charge in [-0.2, -0.15) is 0 Å². The van der Waals surface area contributed by atoms with Crippen LogP contribution in [0.2, 0.25) is 0 Å². The summed E-state index contributed by atoms with van der Waals surface area (Å²) in [6.45, 7) is 0.551. The summed E-state index contributed by atoms with van der Waals surface area (Å²) in [4.78, 5) is 0. The molecule has 1 aliphatic rings. The van der Waals surface area contributed by atoms with E-state index >= 15 is 0 Å². The van der Waals surface area contributed by atoms with Crippen LogP contribution in [0, 0.1) is 0 Å². The summed E-state index contributed by atoms with van der Waals surface area (Å²) in [6, 6.07) is 10.2. The number of benzene rings is 1. The Hall–Kier alpha value is -0.870. The second-order valence-corrected chi connectivity index (χ2v) is 7.41. The van der Waals surface area contributed by atoms with Crippen molar-refractivity contribution in [3.8, 4) is 0 Å². The van der Waals surface area contributed by atoms with Gasteiger partial charge in [-0.1, -0.05) is 30.3 Å². The van der Waals surface area contributed by atoms with E-state index in [0.29, 0.717) is 12.5 Å². The predicted molar refractivity (Wildman–Crippen MR) is 69.9 cm³/mol. The molecule has 0 bridgehead atoms. The molecular weight excluding hydrogens is 234 g/mol. The first kappa shape index (κ1) is 12.6. The third-order valence-electron chi connectivity index (χ3n) is 3.79. The zero-order chi connectivity index (χ0) is 12.5. The highest BCUT2D eigenvalue weighted by atomic mass is 32.2. The summed E-state index contributed by atoms with van der Waals surface area (Å²) < 4.78 is 23.2.